The molecular formula is C63H63N5O7. The Kier molecular flexibility index (Phi) is 18.4. The Bertz CT molecular complexity index is 3280. The molecule has 0 unspecified atom stereocenters. The van der Waals surface area contributed by atoms with E-state index in [1.165, 1.54) is 18.4 Å². The van der Waals surface area contributed by atoms with E-state index in [9.17, 15) is 14.4 Å². The molecule has 8 rings (SSSR count). The van der Waals surface area contributed by atoms with E-state index in [0.717, 1.165) is 88.3 Å². The summed E-state index contributed by atoms with van der Waals surface area (Å²) >= 11 is 0. The fourth-order valence-corrected chi connectivity index (χ4v) is 8.41. The van der Waals surface area contributed by atoms with Gasteiger partial charge in [-0.05, 0) is 160 Å². The first-order chi connectivity index (χ1) is 36.6. The van der Waals surface area contributed by atoms with E-state index in [2.05, 4.69) is 58.1 Å². The summed E-state index contributed by atoms with van der Waals surface area (Å²) in [6.45, 7) is 10.8. The Morgan fingerprint density at radius 2 is 1.04 bits per heavy atom. The molecule has 0 bridgehead atoms. The number of rotatable bonds is 25. The van der Waals surface area contributed by atoms with Crippen LogP contribution in [-0.2, 0) is 22.5 Å². The SMILES string of the molecule is C=C(C)C(=O)OCCCCCCOc1ccc(C(=O)Oc2ccc(CNc3ccc(NNc4ccc(N=Nc5ccc(C(=O)Oc6ccc(CCCCC)cc6)cc5C)c5ccccc45)c4ccccc34)cc2)cc1. The van der Waals surface area contributed by atoms with Gasteiger partial charge in [-0.15, -0.1) is 5.11 Å². The minimum atomic E-state index is -0.451. The summed E-state index contributed by atoms with van der Waals surface area (Å²) in [6, 6.07) is 51.7. The van der Waals surface area contributed by atoms with Crippen LogP contribution in [0.3, 0.4) is 0 Å². The summed E-state index contributed by atoms with van der Waals surface area (Å²) in [4.78, 5) is 37.5. The van der Waals surface area contributed by atoms with Crippen LogP contribution < -0.4 is 30.4 Å². The minimum absolute atomic E-state index is 0.351. The number of hydrogen-bond donors (Lipinski definition) is 3. The third-order valence-corrected chi connectivity index (χ3v) is 12.7. The smallest absolute Gasteiger partial charge is 0.343 e. The topological polar surface area (TPSA) is 149 Å². The quantitative estimate of drug-likeness (QED) is 0.0126. The van der Waals surface area contributed by atoms with Gasteiger partial charge < -0.3 is 35.1 Å². The largest absolute Gasteiger partial charge is 0.494 e. The lowest BCUT2D eigenvalue weighted by Crippen LogP contribution is -2.10. The maximum Gasteiger partial charge on any atom is 0.343 e. The van der Waals surface area contributed by atoms with Crippen molar-refractivity contribution in [1.29, 1.82) is 0 Å². The maximum absolute atomic E-state index is 13.0. The van der Waals surface area contributed by atoms with Gasteiger partial charge in [-0.25, -0.2) is 14.4 Å². The molecule has 0 radical (unpaired) electrons. The van der Waals surface area contributed by atoms with E-state index in [0.29, 0.717) is 65.1 Å². The molecule has 0 saturated heterocycles. The Balaban J connectivity index is 0.818. The van der Waals surface area contributed by atoms with Crippen LogP contribution in [0.15, 0.2) is 186 Å². The summed E-state index contributed by atoms with van der Waals surface area (Å²) in [5, 5.41) is 16.8. The summed E-state index contributed by atoms with van der Waals surface area (Å²) in [7, 11) is 0. The van der Waals surface area contributed by atoms with E-state index in [1.54, 1.807) is 61.5 Å². The zero-order chi connectivity index (χ0) is 52.4. The molecule has 0 amide bonds. The Labute approximate surface area is 438 Å². The van der Waals surface area contributed by atoms with E-state index >= 15 is 0 Å². The summed E-state index contributed by atoms with van der Waals surface area (Å²) < 4.78 is 22.3. The van der Waals surface area contributed by atoms with Gasteiger partial charge in [0, 0.05) is 39.4 Å². The molecule has 0 aromatic heterocycles. The lowest BCUT2D eigenvalue weighted by molar-refractivity contribution is -0.139. The van der Waals surface area contributed by atoms with Crippen molar-refractivity contribution < 1.29 is 33.3 Å². The molecule has 8 aromatic carbocycles. The van der Waals surface area contributed by atoms with Gasteiger partial charge in [-0.2, -0.15) is 5.11 Å². The van der Waals surface area contributed by atoms with Crippen LogP contribution in [-0.4, -0.2) is 31.1 Å². The fourth-order valence-electron chi connectivity index (χ4n) is 8.41. The molecule has 0 spiro atoms. The number of aryl methyl sites for hydroxylation is 2. The predicted octanol–water partition coefficient (Wildman–Crippen LogP) is 16.0. The van der Waals surface area contributed by atoms with E-state index in [1.807, 2.05) is 97.9 Å². The molecule has 0 aliphatic heterocycles. The van der Waals surface area contributed by atoms with Gasteiger partial charge in [0.15, 0.2) is 0 Å². The molecule has 0 fully saturated rings. The second-order valence-electron chi connectivity index (χ2n) is 18.4. The number of anilines is 3. The van der Waals surface area contributed by atoms with E-state index in [4.69, 9.17) is 18.9 Å². The summed E-state index contributed by atoms with van der Waals surface area (Å²) in [6.07, 6.45) is 8.10. The number of hydrazine groups is 1. The standard InChI is InChI=1S/C63H63N5O7/c1-5-6-9-16-45-21-28-50(29-22-45)75-63(71)48-27-34-56(44(4)41-48)65-66-59-37-38-60(55-20-13-12-19-54(55)59)68-67-58-36-35-57(52-17-10-11-18-53(52)58)64-42-46-23-30-51(31-24-46)74-62(70)47-25-32-49(33-26-47)72-39-14-7-8-15-40-73-61(69)43(2)3/h10-13,17-38,41,64,67-68H,2,5-9,14-16,39-40,42H2,1,3-4H3. The highest BCUT2D eigenvalue weighted by atomic mass is 16.5. The zero-order valence-electron chi connectivity index (χ0n) is 42.8. The summed E-state index contributed by atoms with van der Waals surface area (Å²) in [5.41, 5.74) is 15.3. The number of carbonyl (C=O) groups is 3. The number of ether oxygens (including phenoxy) is 4. The lowest BCUT2D eigenvalue weighted by Gasteiger charge is -2.17. The van der Waals surface area contributed by atoms with Crippen LogP contribution in [0, 0.1) is 6.92 Å². The second kappa shape index (κ2) is 26.3. The molecular weight excluding hydrogens is 939 g/mol. The number of nitrogens with one attached hydrogen (secondary N) is 3. The highest BCUT2D eigenvalue weighted by molar-refractivity contribution is 6.04. The van der Waals surface area contributed by atoms with Crippen LogP contribution in [0.2, 0.25) is 0 Å². The van der Waals surface area contributed by atoms with Crippen molar-refractivity contribution in [2.24, 2.45) is 10.2 Å². The van der Waals surface area contributed by atoms with Gasteiger partial charge in [0.05, 0.1) is 47.1 Å². The molecule has 382 valence electrons. The molecule has 3 N–H and O–H groups in total. The average Bonchev–Trinajstić information content (AvgIpc) is 3.43. The first kappa shape index (κ1) is 52.5. The third kappa shape index (κ3) is 14.7. The highest BCUT2D eigenvalue weighted by Crippen LogP contribution is 2.35. The average molecular weight is 1000 g/mol. The van der Waals surface area contributed by atoms with Crippen LogP contribution in [0.25, 0.3) is 21.5 Å². The van der Waals surface area contributed by atoms with Crippen LogP contribution in [0.1, 0.15) is 96.2 Å². The molecule has 0 saturated carbocycles. The first-order valence-electron chi connectivity index (χ1n) is 25.6. The number of benzene rings is 8. The van der Waals surface area contributed by atoms with Gasteiger partial charge in [0.2, 0.25) is 0 Å². The third-order valence-electron chi connectivity index (χ3n) is 12.7. The van der Waals surface area contributed by atoms with Crippen molar-refractivity contribution in [1.82, 2.24) is 0 Å². The molecule has 0 aliphatic rings. The lowest BCUT2D eigenvalue weighted by atomic mass is 10.1. The van der Waals surface area contributed by atoms with E-state index in [-0.39, 0.29) is 5.97 Å². The minimum Gasteiger partial charge on any atom is -0.494 e. The monoisotopic (exact) mass is 1000 g/mol. The normalized spacial score (nSPS) is 11.1. The Morgan fingerprint density at radius 1 is 0.520 bits per heavy atom. The number of esters is 3. The molecule has 0 heterocycles. The van der Waals surface area contributed by atoms with Crippen molar-refractivity contribution in [3.05, 3.63) is 204 Å². The number of fused-ring (bicyclic) bond motifs is 2. The number of nitrogens with zero attached hydrogens (tertiary/aromatic N) is 2. The van der Waals surface area contributed by atoms with Crippen LogP contribution >= 0.6 is 0 Å². The first-order valence-corrected chi connectivity index (χ1v) is 25.6. The number of carbonyl (C=O) groups excluding carboxylic acids is 3. The number of azo groups is 1. The van der Waals surface area contributed by atoms with Crippen LogP contribution in [0.4, 0.5) is 28.4 Å². The van der Waals surface area contributed by atoms with Gasteiger partial charge >= 0.3 is 17.9 Å². The second-order valence-corrected chi connectivity index (χ2v) is 18.4. The fraction of sp³-hybridized carbons (Fsp3) is 0.222. The van der Waals surface area contributed by atoms with Gasteiger partial charge in [0.25, 0.3) is 0 Å². The van der Waals surface area contributed by atoms with Gasteiger partial charge in [-0.1, -0.05) is 99.1 Å². The van der Waals surface area contributed by atoms with E-state index < -0.39 is 11.9 Å². The molecule has 75 heavy (non-hydrogen) atoms. The molecule has 12 nitrogen and oxygen atoms in total. The molecule has 0 atom stereocenters. The van der Waals surface area contributed by atoms with Crippen molar-refractivity contribution in [3.8, 4) is 17.2 Å². The summed E-state index contributed by atoms with van der Waals surface area (Å²) in [5.74, 6) is 0.426. The number of hydrogen-bond acceptors (Lipinski definition) is 12. The molecule has 8 aromatic rings. The highest BCUT2D eigenvalue weighted by Gasteiger charge is 2.14. The maximum atomic E-state index is 13.0. The van der Waals surface area contributed by atoms with Crippen molar-refractivity contribution in [3.63, 3.8) is 0 Å². The number of unbranched alkanes of at least 4 members (excludes halogenated alkanes) is 5. The Hall–Kier alpha value is -8.77. The van der Waals surface area contributed by atoms with Crippen molar-refractivity contribution >= 4 is 67.9 Å². The Morgan fingerprint density at radius 3 is 1.68 bits per heavy atom. The van der Waals surface area contributed by atoms with Gasteiger partial charge in [0.1, 0.15) is 17.2 Å². The van der Waals surface area contributed by atoms with Gasteiger partial charge in [-0.3, -0.25) is 0 Å². The van der Waals surface area contributed by atoms with Crippen LogP contribution in [0.5, 0.6) is 17.2 Å². The predicted molar refractivity (Wildman–Crippen MR) is 300 cm³/mol. The van der Waals surface area contributed by atoms with Crippen molar-refractivity contribution in [2.45, 2.75) is 78.7 Å². The zero-order valence-corrected chi connectivity index (χ0v) is 42.8. The molecule has 0 aliphatic carbocycles. The molecule has 12 heteroatoms. The van der Waals surface area contributed by atoms with Crippen molar-refractivity contribution in [2.75, 3.05) is 29.4 Å².